The van der Waals surface area contributed by atoms with Crippen LogP contribution in [0.25, 0.3) is 0 Å². The van der Waals surface area contributed by atoms with Gasteiger partial charge in [0.2, 0.25) is 0 Å². The average Bonchev–Trinajstić information content (AvgIpc) is 2.42. The van der Waals surface area contributed by atoms with Gasteiger partial charge in [0.1, 0.15) is 0 Å². The molecule has 110 valence electrons. The summed E-state index contributed by atoms with van der Waals surface area (Å²) in [5.74, 6) is 1.50. The minimum Gasteiger partial charge on any atom is -0.490 e. The van der Waals surface area contributed by atoms with Gasteiger partial charge in [-0.3, -0.25) is 0 Å². The SMILES string of the molecule is CCOc1cc(CNC)ccc1OCCC(C)(C)C#N. The molecule has 0 aliphatic heterocycles. The molecule has 20 heavy (non-hydrogen) atoms. The Bertz CT molecular complexity index is 464. The van der Waals surface area contributed by atoms with Crippen LogP contribution >= 0.6 is 0 Å². The molecule has 0 fully saturated rings. The van der Waals surface area contributed by atoms with Gasteiger partial charge in [0.25, 0.3) is 0 Å². The van der Waals surface area contributed by atoms with E-state index in [1.165, 1.54) is 0 Å². The van der Waals surface area contributed by atoms with E-state index in [9.17, 15) is 0 Å². The van der Waals surface area contributed by atoms with E-state index in [0.717, 1.165) is 23.6 Å². The highest BCUT2D eigenvalue weighted by Gasteiger charge is 2.17. The van der Waals surface area contributed by atoms with Crippen LogP contribution in [0.3, 0.4) is 0 Å². The van der Waals surface area contributed by atoms with Crippen LogP contribution in [0.4, 0.5) is 0 Å². The van der Waals surface area contributed by atoms with Crippen LogP contribution in [-0.2, 0) is 6.54 Å². The molecule has 1 aromatic rings. The maximum absolute atomic E-state index is 8.99. The summed E-state index contributed by atoms with van der Waals surface area (Å²) in [7, 11) is 1.91. The van der Waals surface area contributed by atoms with Crippen LogP contribution in [0.2, 0.25) is 0 Å². The van der Waals surface area contributed by atoms with Gasteiger partial charge in [0.15, 0.2) is 11.5 Å². The molecule has 1 rings (SSSR count). The van der Waals surface area contributed by atoms with Crippen molar-refractivity contribution in [1.29, 1.82) is 5.26 Å². The van der Waals surface area contributed by atoms with Gasteiger partial charge in [0.05, 0.1) is 24.7 Å². The zero-order chi connectivity index (χ0) is 15.0. The number of nitriles is 1. The van der Waals surface area contributed by atoms with Crippen molar-refractivity contribution in [3.8, 4) is 17.6 Å². The number of nitrogens with one attached hydrogen (secondary N) is 1. The number of benzene rings is 1. The predicted octanol–water partition coefficient (Wildman–Crippen LogP) is 3.12. The third-order valence-electron chi connectivity index (χ3n) is 2.98. The van der Waals surface area contributed by atoms with E-state index in [-0.39, 0.29) is 5.41 Å². The summed E-state index contributed by atoms with van der Waals surface area (Å²) >= 11 is 0. The predicted molar refractivity (Wildman–Crippen MR) is 79.9 cm³/mol. The first-order chi connectivity index (χ1) is 9.52. The molecule has 0 atom stereocenters. The van der Waals surface area contributed by atoms with Crippen molar-refractivity contribution in [3.63, 3.8) is 0 Å². The van der Waals surface area contributed by atoms with Gasteiger partial charge >= 0.3 is 0 Å². The number of hydrogen-bond donors (Lipinski definition) is 1. The van der Waals surface area contributed by atoms with E-state index in [2.05, 4.69) is 11.4 Å². The topological polar surface area (TPSA) is 54.3 Å². The molecule has 0 radical (unpaired) electrons. The molecular weight excluding hydrogens is 252 g/mol. The molecule has 4 heteroatoms. The highest BCUT2D eigenvalue weighted by molar-refractivity contribution is 5.43. The Morgan fingerprint density at radius 3 is 2.60 bits per heavy atom. The Hall–Kier alpha value is -1.73. The van der Waals surface area contributed by atoms with Crippen LogP contribution < -0.4 is 14.8 Å². The molecule has 1 aromatic carbocycles. The number of nitrogens with zero attached hydrogens (tertiary/aromatic N) is 1. The van der Waals surface area contributed by atoms with Gasteiger partial charge in [-0.2, -0.15) is 5.26 Å². The first-order valence-electron chi connectivity index (χ1n) is 6.97. The van der Waals surface area contributed by atoms with Gasteiger partial charge in [-0.1, -0.05) is 6.07 Å². The summed E-state index contributed by atoms with van der Waals surface area (Å²) in [6.45, 7) is 7.68. The molecule has 0 spiro atoms. The second kappa shape index (κ2) is 7.76. The van der Waals surface area contributed by atoms with Crippen molar-refractivity contribution in [1.82, 2.24) is 5.32 Å². The average molecular weight is 276 g/mol. The van der Waals surface area contributed by atoms with E-state index < -0.39 is 0 Å². The number of ether oxygens (including phenoxy) is 2. The van der Waals surface area contributed by atoms with Crippen molar-refractivity contribution in [2.75, 3.05) is 20.3 Å². The highest BCUT2D eigenvalue weighted by atomic mass is 16.5. The largest absolute Gasteiger partial charge is 0.490 e. The van der Waals surface area contributed by atoms with Gasteiger partial charge in [-0.05, 0) is 51.9 Å². The van der Waals surface area contributed by atoms with Crippen LogP contribution in [0.1, 0.15) is 32.8 Å². The zero-order valence-electron chi connectivity index (χ0n) is 12.8. The molecule has 0 aromatic heterocycles. The summed E-state index contributed by atoms with van der Waals surface area (Å²) in [4.78, 5) is 0. The lowest BCUT2D eigenvalue weighted by atomic mass is 9.92. The first kappa shape index (κ1) is 16.3. The van der Waals surface area contributed by atoms with Crippen LogP contribution in [-0.4, -0.2) is 20.3 Å². The fraction of sp³-hybridized carbons (Fsp3) is 0.562. The lowest BCUT2D eigenvalue weighted by Crippen LogP contribution is -2.13. The molecule has 0 bridgehead atoms. The molecular formula is C16H24N2O2. The lowest BCUT2D eigenvalue weighted by molar-refractivity contribution is 0.245. The molecule has 0 saturated carbocycles. The summed E-state index contributed by atoms with van der Waals surface area (Å²) in [6.07, 6.45) is 0.688. The summed E-state index contributed by atoms with van der Waals surface area (Å²) in [6, 6.07) is 8.21. The van der Waals surface area contributed by atoms with Crippen LogP contribution in [0.5, 0.6) is 11.5 Å². The molecule has 0 saturated heterocycles. The molecule has 1 N–H and O–H groups in total. The Labute approximate surface area is 121 Å². The fourth-order valence-corrected chi connectivity index (χ4v) is 1.73. The quantitative estimate of drug-likeness (QED) is 0.792. The Morgan fingerprint density at radius 2 is 2.00 bits per heavy atom. The normalized spacial score (nSPS) is 10.9. The fourth-order valence-electron chi connectivity index (χ4n) is 1.73. The Kier molecular flexibility index (Phi) is 6.33. The van der Waals surface area contributed by atoms with Crippen molar-refractivity contribution in [2.45, 2.75) is 33.7 Å². The van der Waals surface area contributed by atoms with E-state index >= 15 is 0 Å². The second-order valence-electron chi connectivity index (χ2n) is 5.34. The lowest BCUT2D eigenvalue weighted by Gasteiger charge is -2.17. The Balaban J connectivity index is 2.71. The number of rotatable bonds is 8. The van der Waals surface area contributed by atoms with Crippen LogP contribution in [0.15, 0.2) is 18.2 Å². The molecule has 0 amide bonds. The molecule has 0 heterocycles. The van der Waals surface area contributed by atoms with Gasteiger partial charge in [-0.25, -0.2) is 0 Å². The van der Waals surface area contributed by atoms with Gasteiger partial charge in [0, 0.05) is 6.54 Å². The van der Waals surface area contributed by atoms with E-state index in [4.69, 9.17) is 14.7 Å². The van der Waals surface area contributed by atoms with Crippen molar-refractivity contribution < 1.29 is 9.47 Å². The van der Waals surface area contributed by atoms with Crippen molar-refractivity contribution in [3.05, 3.63) is 23.8 Å². The van der Waals surface area contributed by atoms with Crippen molar-refractivity contribution >= 4 is 0 Å². The zero-order valence-corrected chi connectivity index (χ0v) is 12.8. The maximum Gasteiger partial charge on any atom is 0.161 e. The highest BCUT2D eigenvalue weighted by Crippen LogP contribution is 2.29. The molecule has 0 aliphatic carbocycles. The van der Waals surface area contributed by atoms with E-state index in [1.54, 1.807) is 0 Å². The van der Waals surface area contributed by atoms with Crippen molar-refractivity contribution in [2.24, 2.45) is 5.41 Å². The maximum atomic E-state index is 8.99. The Morgan fingerprint density at radius 1 is 1.25 bits per heavy atom. The molecule has 0 aliphatic rings. The molecule has 0 unspecified atom stereocenters. The standard InChI is InChI=1S/C16H24N2O2/c1-5-19-15-10-13(11-18-4)6-7-14(15)20-9-8-16(2,3)12-17/h6-7,10,18H,5,8-9,11H2,1-4H3. The van der Waals surface area contributed by atoms with E-state index in [1.807, 2.05) is 46.0 Å². The summed E-state index contributed by atoms with van der Waals surface area (Å²) in [5.41, 5.74) is 0.790. The summed E-state index contributed by atoms with van der Waals surface area (Å²) in [5, 5.41) is 12.1. The van der Waals surface area contributed by atoms with Gasteiger partial charge < -0.3 is 14.8 Å². The third-order valence-corrected chi connectivity index (χ3v) is 2.98. The van der Waals surface area contributed by atoms with Crippen LogP contribution in [0, 0.1) is 16.7 Å². The first-order valence-corrected chi connectivity index (χ1v) is 6.97. The second-order valence-corrected chi connectivity index (χ2v) is 5.34. The molecule has 4 nitrogen and oxygen atoms in total. The minimum atomic E-state index is -0.363. The monoisotopic (exact) mass is 276 g/mol. The minimum absolute atomic E-state index is 0.363. The summed E-state index contributed by atoms with van der Waals surface area (Å²) < 4.78 is 11.4. The van der Waals surface area contributed by atoms with Gasteiger partial charge in [-0.15, -0.1) is 0 Å². The smallest absolute Gasteiger partial charge is 0.161 e. The van der Waals surface area contributed by atoms with E-state index in [0.29, 0.717) is 19.6 Å². The number of hydrogen-bond acceptors (Lipinski definition) is 4. The third kappa shape index (κ3) is 5.10.